The van der Waals surface area contributed by atoms with E-state index >= 15 is 0 Å². The van der Waals surface area contributed by atoms with Crippen LogP contribution in [-0.4, -0.2) is 41.2 Å². The van der Waals surface area contributed by atoms with Crippen LogP contribution in [-0.2, 0) is 33.7 Å². The van der Waals surface area contributed by atoms with E-state index in [4.69, 9.17) is 4.74 Å². The fourth-order valence-electron chi connectivity index (χ4n) is 3.32. The van der Waals surface area contributed by atoms with E-state index in [1.54, 1.807) is 36.7 Å². The summed E-state index contributed by atoms with van der Waals surface area (Å²) in [6.07, 6.45) is 4.10. The molecule has 0 unspecified atom stereocenters. The lowest BCUT2D eigenvalue weighted by Gasteiger charge is -2.23. The lowest BCUT2D eigenvalue weighted by Crippen LogP contribution is -2.51. The predicted molar refractivity (Wildman–Crippen MR) is 121 cm³/mol. The molecule has 3 N–H and O–H groups in total. The van der Waals surface area contributed by atoms with Gasteiger partial charge in [-0.25, -0.2) is 4.79 Å². The first-order valence-corrected chi connectivity index (χ1v) is 10.4. The summed E-state index contributed by atoms with van der Waals surface area (Å²) in [4.78, 5) is 29.6. The quantitative estimate of drug-likeness (QED) is 0.425. The molecule has 0 spiro atoms. The van der Waals surface area contributed by atoms with E-state index in [2.05, 4.69) is 15.6 Å². The standard InChI is InChI=1S/C25H27N3O4/c1-32-25(31)23(16-18-5-3-2-4-6-18)28-24(30)22(15-19-7-9-21(29)10-8-19)27-17-20-11-13-26-14-12-20/h2-14,22-23,27,29H,15-17H2,1H3,(H,28,30)/t22-,23-/m0/s1. The van der Waals surface area contributed by atoms with Gasteiger partial charge in [0.25, 0.3) is 0 Å². The molecule has 0 bridgehead atoms. The maximum absolute atomic E-state index is 13.2. The molecular weight excluding hydrogens is 406 g/mol. The number of hydrogen-bond donors (Lipinski definition) is 3. The van der Waals surface area contributed by atoms with Crippen LogP contribution in [0.4, 0.5) is 0 Å². The van der Waals surface area contributed by atoms with E-state index in [1.165, 1.54) is 7.11 Å². The molecule has 0 aliphatic heterocycles. The normalized spacial score (nSPS) is 12.5. The number of aromatic nitrogens is 1. The summed E-state index contributed by atoms with van der Waals surface area (Å²) in [6, 6.07) is 18.5. The Morgan fingerprint density at radius 1 is 0.875 bits per heavy atom. The summed E-state index contributed by atoms with van der Waals surface area (Å²) in [5.74, 6) is -0.647. The van der Waals surface area contributed by atoms with Gasteiger partial charge >= 0.3 is 5.97 Å². The zero-order chi connectivity index (χ0) is 22.8. The zero-order valence-electron chi connectivity index (χ0n) is 17.9. The molecule has 0 fully saturated rings. The van der Waals surface area contributed by atoms with Gasteiger partial charge in [-0.05, 0) is 47.4 Å². The summed E-state index contributed by atoms with van der Waals surface area (Å²) in [6.45, 7) is 0.459. The second kappa shape index (κ2) is 11.6. The number of methoxy groups -OCH3 is 1. The molecule has 2 atom stereocenters. The van der Waals surface area contributed by atoms with E-state index in [-0.39, 0.29) is 11.7 Å². The van der Waals surface area contributed by atoms with Crippen LogP contribution in [0.2, 0.25) is 0 Å². The fraction of sp³-hybridized carbons (Fsp3) is 0.240. The highest BCUT2D eigenvalue weighted by Crippen LogP contribution is 2.12. The van der Waals surface area contributed by atoms with Crippen LogP contribution in [0.1, 0.15) is 16.7 Å². The number of phenolic OH excluding ortho intramolecular Hbond substituents is 1. The summed E-state index contributed by atoms with van der Waals surface area (Å²) < 4.78 is 4.92. The summed E-state index contributed by atoms with van der Waals surface area (Å²) in [5, 5.41) is 15.7. The molecule has 0 aliphatic rings. The number of ether oxygens (including phenoxy) is 1. The topological polar surface area (TPSA) is 101 Å². The van der Waals surface area contributed by atoms with E-state index in [0.29, 0.717) is 19.4 Å². The van der Waals surface area contributed by atoms with Gasteiger partial charge in [-0.15, -0.1) is 0 Å². The molecule has 166 valence electrons. The second-order valence-corrected chi connectivity index (χ2v) is 7.43. The molecule has 3 aromatic rings. The van der Waals surface area contributed by atoms with Gasteiger partial charge in [0.2, 0.25) is 5.91 Å². The van der Waals surface area contributed by atoms with Gasteiger partial charge in [-0.2, -0.15) is 0 Å². The number of phenols is 1. The molecule has 0 saturated heterocycles. The van der Waals surface area contributed by atoms with E-state index in [1.807, 2.05) is 42.5 Å². The number of pyridine rings is 1. The number of hydrogen-bond acceptors (Lipinski definition) is 6. The molecule has 0 aliphatic carbocycles. The Hall–Kier alpha value is -3.71. The van der Waals surface area contributed by atoms with Crippen LogP contribution >= 0.6 is 0 Å². The fourth-order valence-corrected chi connectivity index (χ4v) is 3.32. The van der Waals surface area contributed by atoms with Crippen molar-refractivity contribution < 1.29 is 19.4 Å². The number of nitrogens with zero attached hydrogens (tertiary/aromatic N) is 1. The highest BCUT2D eigenvalue weighted by molar-refractivity contribution is 5.88. The van der Waals surface area contributed by atoms with E-state index in [0.717, 1.165) is 16.7 Å². The van der Waals surface area contributed by atoms with Gasteiger partial charge in [0.1, 0.15) is 11.8 Å². The predicted octanol–water partition coefficient (Wildman–Crippen LogP) is 2.39. The van der Waals surface area contributed by atoms with E-state index < -0.39 is 18.1 Å². The van der Waals surface area contributed by atoms with Crippen molar-refractivity contribution in [2.75, 3.05) is 7.11 Å². The van der Waals surface area contributed by atoms with Crippen LogP contribution in [0, 0.1) is 0 Å². The molecule has 0 saturated carbocycles. The van der Waals surface area contributed by atoms with Crippen molar-refractivity contribution in [2.45, 2.75) is 31.5 Å². The molecular formula is C25H27N3O4. The van der Waals surface area contributed by atoms with Gasteiger partial charge in [0, 0.05) is 25.4 Å². The molecule has 7 heteroatoms. The van der Waals surface area contributed by atoms with Gasteiger partial charge in [-0.3, -0.25) is 9.78 Å². The largest absolute Gasteiger partial charge is 0.508 e. The molecule has 1 heterocycles. The summed E-state index contributed by atoms with van der Waals surface area (Å²) >= 11 is 0. The van der Waals surface area contributed by atoms with Crippen molar-refractivity contribution in [2.24, 2.45) is 0 Å². The Bertz CT molecular complexity index is 995. The summed E-state index contributed by atoms with van der Waals surface area (Å²) in [5.41, 5.74) is 2.78. The summed E-state index contributed by atoms with van der Waals surface area (Å²) in [7, 11) is 1.31. The number of carbonyl (C=O) groups is 2. The average molecular weight is 434 g/mol. The van der Waals surface area contributed by atoms with Gasteiger partial charge in [0.15, 0.2) is 0 Å². The first-order chi connectivity index (χ1) is 15.5. The van der Waals surface area contributed by atoms with Crippen molar-refractivity contribution in [3.8, 4) is 5.75 Å². The van der Waals surface area contributed by atoms with Crippen LogP contribution < -0.4 is 10.6 Å². The Labute approximate surface area is 187 Å². The van der Waals surface area contributed by atoms with Crippen molar-refractivity contribution in [3.05, 3.63) is 95.8 Å². The minimum atomic E-state index is -0.806. The van der Waals surface area contributed by atoms with Crippen LogP contribution in [0.3, 0.4) is 0 Å². The Balaban J connectivity index is 1.74. The third-order valence-electron chi connectivity index (χ3n) is 5.08. The Morgan fingerprint density at radius 3 is 2.16 bits per heavy atom. The van der Waals surface area contributed by atoms with Gasteiger partial charge < -0.3 is 20.5 Å². The number of benzene rings is 2. The molecule has 2 aromatic carbocycles. The molecule has 32 heavy (non-hydrogen) atoms. The van der Waals surface area contributed by atoms with Crippen LogP contribution in [0.25, 0.3) is 0 Å². The molecule has 7 nitrogen and oxygen atoms in total. The number of esters is 1. The lowest BCUT2D eigenvalue weighted by atomic mass is 10.0. The SMILES string of the molecule is COC(=O)[C@H](Cc1ccccc1)NC(=O)[C@H](Cc1ccc(O)cc1)NCc1ccncc1. The maximum Gasteiger partial charge on any atom is 0.328 e. The number of aromatic hydroxyl groups is 1. The minimum Gasteiger partial charge on any atom is -0.508 e. The number of rotatable bonds is 10. The monoisotopic (exact) mass is 433 g/mol. The van der Waals surface area contributed by atoms with Crippen molar-refractivity contribution in [3.63, 3.8) is 0 Å². The first-order valence-electron chi connectivity index (χ1n) is 10.4. The lowest BCUT2D eigenvalue weighted by molar-refractivity contribution is -0.145. The molecule has 1 amide bonds. The Kier molecular flexibility index (Phi) is 8.34. The highest BCUT2D eigenvalue weighted by atomic mass is 16.5. The van der Waals surface area contributed by atoms with Gasteiger partial charge in [-0.1, -0.05) is 42.5 Å². The highest BCUT2D eigenvalue weighted by Gasteiger charge is 2.26. The van der Waals surface area contributed by atoms with Crippen molar-refractivity contribution in [1.29, 1.82) is 0 Å². The number of nitrogens with one attached hydrogen (secondary N) is 2. The Morgan fingerprint density at radius 2 is 1.50 bits per heavy atom. The van der Waals surface area contributed by atoms with Crippen molar-refractivity contribution >= 4 is 11.9 Å². The van der Waals surface area contributed by atoms with Gasteiger partial charge in [0.05, 0.1) is 13.2 Å². The average Bonchev–Trinajstić information content (AvgIpc) is 2.83. The third kappa shape index (κ3) is 6.92. The first kappa shape index (κ1) is 23.0. The third-order valence-corrected chi connectivity index (χ3v) is 5.08. The number of carbonyl (C=O) groups excluding carboxylic acids is 2. The molecule has 3 rings (SSSR count). The number of amides is 1. The second-order valence-electron chi connectivity index (χ2n) is 7.43. The maximum atomic E-state index is 13.2. The molecule has 1 aromatic heterocycles. The molecule has 0 radical (unpaired) electrons. The smallest absolute Gasteiger partial charge is 0.328 e. The van der Waals surface area contributed by atoms with Crippen LogP contribution in [0.5, 0.6) is 5.75 Å². The van der Waals surface area contributed by atoms with Crippen LogP contribution in [0.15, 0.2) is 79.1 Å². The van der Waals surface area contributed by atoms with E-state index in [9.17, 15) is 14.7 Å². The zero-order valence-corrected chi connectivity index (χ0v) is 17.9. The minimum absolute atomic E-state index is 0.160. The van der Waals surface area contributed by atoms with Crippen molar-refractivity contribution in [1.82, 2.24) is 15.6 Å².